The molecule has 0 saturated carbocycles. The van der Waals surface area contributed by atoms with Gasteiger partial charge in [-0.15, -0.1) is 0 Å². The van der Waals surface area contributed by atoms with Gasteiger partial charge in [-0.05, 0) is 41.5 Å². The monoisotopic (exact) mass is 362 g/mol. The molecule has 3 aromatic carbocycles. The van der Waals surface area contributed by atoms with Crippen molar-refractivity contribution < 1.29 is 23.8 Å². The van der Waals surface area contributed by atoms with E-state index in [1.165, 1.54) is 0 Å². The van der Waals surface area contributed by atoms with Crippen molar-refractivity contribution in [1.82, 2.24) is 0 Å². The van der Waals surface area contributed by atoms with Crippen LogP contribution in [0.15, 0.2) is 60.7 Å². The van der Waals surface area contributed by atoms with Gasteiger partial charge in [-0.2, -0.15) is 0 Å². The molecule has 0 aromatic heterocycles. The summed E-state index contributed by atoms with van der Waals surface area (Å²) in [6, 6.07) is 18.5. The van der Waals surface area contributed by atoms with Crippen molar-refractivity contribution in [3.05, 3.63) is 77.4 Å². The van der Waals surface area contributed by atoms with Crippen molar-refractivity contribution in [1.29, 1.82) is 0 Å². The minimum Gasteiger partial charge on any atom is -0.497 e. The summed E-state index contributed by atoms with van der Waals surface area (Å²) in [7, 11) is 1.63. The van der Waals surface area contributed by atoms with E-state index in [4.69, 9.17) is 14.2 Å². The van der Waals surface area contributed by atoms with Crippen LogP contribution >= 0.6 is 0 Å². The highest BCUT2D eigenvalue weighted by Crippen LogP contribution is 2.33. The average Bonchev–Trinajstić information content (AvgIpc) is 3.02. The Hall–Kier alpha value is -3.34. The molecule has 3 aromatic rings. The van der Waals surface area contributed by atoms with Crippen LogP contribution in [-0.2, 0) is 14.3 Å². The molecule has 1 aliphatic rings. The third-order valence-corrected chi connectivity index (χ3v) is 4.80. The first-order valence-corrected chi connectivity index (χ1v) is 8.65. The molecule has 5 nitrogen and oxygen atoms in total. The van der Waals surface area contributed by atoms with Crippen LogP contribution in [0.25, 0.3) is 10.8 Å². The molecule has 1 heterocycles. The molecule has 0 amide bonds. The van der Waals surface area contributed by atoms with Gasteiger partial charge >= 0.3 is 11.9 Å². The van der Waals surface area contributed by atoms with Crippen LogP contribution in [0, 0.1) is 0 Å². The number of carbonyl (C=O) groups is 2. The van der Waals surface area contributed by atoms with E-state index in [1.54, 1.807) is 38.3 Å². The lowest BCUT2D eigenvalue weighted by molar-refractivity contribution is -0.169. The number of methoxy groups -OCH3 is 1. The number of hydrogen-bond acceptors (Lipinski definition) is 5. The van der Waals surface area contributed by atoms with Gasteiger partial charge in [0.2, 0.25) is 0 Å². The van der Waals surface area contributed by atoms with Crippen LogP contribution < -0.4 is 4.74 Å². The van der Waals surface area contributed by atoms with Crippen molar-refractivity contribution in [2.75, 3.05) is 7.11 Å². The number of ether oxygens (including phenoxy) is 3. The molecule has 0 saturated heterocycles. The third kappa shape index (κ3) is 3.12. The number of benzene rings is 3. The fraction of sp³-hybridized carbons (Fsp3) is 0.182. The first kappa shape index (κ1) is 17.1. The Morgan fingerprint density at radius 3 is 2.59 bits per heavy atom. The average molecular weight is 362 g/mol. The molecule has 2 unspecified atom stereocenters. The topological polar surface area (TPSA) is 61.8 Å². The van der Waals surface area contributed by atoms with Crippen molar-refractivity contribution in [2.24, 2.45) is 0 Å². The first-order valence-electron chi connectivity index (χ1n) is 8.65. The van der Waals surface area contributed by atoms with Crippen molar-refractivity contribution in [3.63, 3.8) is 0 Å². The zero-order valence-electron chi connectivity index (χ0n) is 15.0. The van der Waals surface area contributed by atoms with Gasteiger partial charge in [-0.25, -0.2) is 4.79 Å². The quantitative estimate of drug-likeness (QED) is 0.645. The Morgan fingerprint density at radius 2 is 1.78 bits per heavy atom. The van der Waals surface area contributed by atoms with Gasteiger partial charge < -0.3 is 14.2 Å². The normalized spacial score (nSPS) is 16.5. The number of fused-ring (bicyclic) bond motifs is 2. The molecule has 0 aliphatic carbocycles. The van der Waals surface area contributed by atoms with E-state index in [0.717, 1.165) is 22.1 Å². The molecule has 0 N–H and O–H groups in total. The fourth-order valence-corrected chi connectivity index (χ4v) is 3.18. The maximum atomic E-state index is 12.6. The molecule has 0 fully saturated rings. The zero-order chi connectivity index (χ0) is 19.0. The number of esters is 2. The summed E-state index contributed by atoms with van der Waals surface area (Å²) in [4.78, 5) is 24.5. The minimum atomic E-state index is -0.992. The highest BCUT2D eigenvalue weighted by molar-refractivity contribution is 5.94. The van der Waals surface area contributed by atoms with Crippen molar-refractivity contribution in [2.45, 2.75) is 19.1 Å². The van der Waals surface area contributed by atoms with Gasteiger partial charge in [0.25, 0.3) is 6.29 Å². The van der Waals surface area contributed by atoms with Gasteiger partial charge in [-0.3, -0.25) is 4.79 Å². The van der Waals surface area contributed by atoms with E-state index in [9.17, 15) is 9.59 Å². The second kappa shape index (κ2) is 6.76. The largest absolute Gasteiger partial charge is 0.497 e. The molecular formula is C22H18O5. The summed E-state index contributed by atoms with van der Waals surface area (Å²) in [5.41, 5.74) is 1.84. The Bertz CT molecular complexity index is 1040. The smallest absolute Gasteiger partial charge is 0.342 e. The molecule has 0 bridgehead atoms. The number of carbonyl (C=O) groups excluding carboxylic acids is 2. The zero-order valence-corrected chi connectivity index (χ0v) is 15.0. The maximum Gasteiger partial charge on any atom is 0.342 e. The standard InChI is InChI=1S/C22H18O5/c1-13(14-7-8-16-12-17(25-2)10-9-15(16)11-14)20(23)26-22-19-6-4-3-5-18(19)21(24)27-22/h3-13,22H,1-2H3. The highest BCUT2D eigenvalue weighted by Gasteiger charge is 2.34. The molecule has 136 valence electrons. The van der Waals surface area contributed by atoms with E-state index in [1.807, 2.05) is 36.4 Å². The van der Waals surface area contributed by atoms with Crippen LogP contribution in [0.1, 0.15) is 40.6 Å². The SMILES string of the molecule is COc1ccc2cc(C(C)C(=O)OC3OC(=O)c4ccccc43)ccc2c1. The summed E-state index contributed by atoms with van der Waals surface area (Å²) in [5, 5.41) is 2.03. The first-order chi connectivity index (χ1) is 13.1. The van der Waals surface area contributed by atoms with Gasteiger partial charge in [0.05, 0.1) is 18.6 Å². The van der Waals surface area contributed by atoms with E-state index in [-0.39, 0.29) is 0 Å². The summed E-state index contributed by atoms with van der Waals surface area (Å²) in [6.45, 7) is 1.77. The number of cyclic esters (lactones) is 1. The van der Waals surface area contributed by atoms with E-state index in [2.05, 4.69) is 0 Å². The van der Waals surface area contributed by atoms with Gasteiger partial charge in [0, 0.05) is 5.56 Å². The molecule has 27 heavy (non-hydrogen) atoms. The van der Waals surface area contributed by atoms with E-state index < -0.39 is 24.1 Å². The van der Waals surface area contributed by atoms with Crippen molar-refractivity contribution in [3.8, 4) is 5.75 Å². The molecule has 0 radical (unpaired) electrons. The van der Waals surface area contributed by atoms with Crippen LogP contribution in [0.3, 0.4) is 0 Å². The summed E-state index contributed by atoms with van der Waals surface area (Å²) >= 11 is 0. The molecular weight excluding hydrogens is 344 g/mol. The predicted molar refractivity (Wildman–Crippen MR) is 99.6 cm³/mol. The summed E-state index contributed by atoms with van der Waals surface area (Å²) in [6.07, 6.45) is -0.992. The molecule has 5 heteroatoms. The summed E-state index contributed by atoms with van der Waals surface area (Å²) in [5.74, 6) is -0.638. The lowest BCUT2D eigenvalue weighted by atomic mass is 9.98. The molecule has 1 aliphatic heterocycles. The number of hydrogen-bond donors (Lipinski definition) is 0. The summed E-state index contributed by atoms with van der Waals surface area (Å²) < 4.78 is 15.9. The molecule has 2 atom stereocenters. The van der Waals surface area contributed by atoms with Crippen LogP contribution in [0.4, 0.5) is 0 Å². The lowest BCUT2D eigenvalue weighted by Gasteiger charge is -2.16. The number of rotatable bonds is 4. The lowest BCUT2D eigenvalue weighted by Crippen LogP contribution is -2.17. The van der Waals surface area contributed by atoms with Gasteiger partial charge in [0.1, 0.15) is 5.75 Å². The van der Waals surface area contributed by atoms with Gasteiger partial charge in [0.15, 0.2) is 0 Å². The Labute approximate surface area is 156 Å². The van der Waals surface area contributed by atoms with E-state index >= 15 is 0 Å². The molecule has 4 rings (SSSR count). The maximum absolute atomic E-state index is 12.6. The fourth-order valence-electron chi connectivity index (χ4n) is 3.18. The Kier molecular flexibility index (Phi) is 4.28. The molecule has 0 spiro atoms. The third-order valence-electron chi connectivity index (χ3n) is 4.80. The second-order valence-electron chi connectivity index (χ2n) is 6.46. The van der Waals surface area contributed by atoms with Crippen LogP contribution in [0.5, 0.6) is 5.75 Å². The van der Waals surface area contributed by atoms with Crippen LogP contribution in [0.2, 0.25) is 0 Å². The minimum absolute atomic E-state index is 0.433. The van der Waals surface area contributed by atoms with Gasteiger partial charge in [-0.1, -0.05) is 42.5 Å². The Balaban J connectivity index is 1.54. The van der Waals surface area contributed by atoms with E-state index in [0.29, 0.717) is 11.1 Å². The van der Waals surface area contributed by atoms with Crippen molar-refractivity contribution >= 4 is 22.7 Å². The Morgan fingerprint density at radius 1 is 1.04 bits per heavy atom. The highest BCUT2D eigenvalue weighted by atomic mass is 16.7. The predicted octanol–water partition coefficient (Wildman–Crippen LogP) is 4.36. The second-order valence-corrected chi connectivity index (χ2v) is 6.46. The van der Waals surface area contributed by atoms with Crippen LogP contribution in [-0.4, -0.2) is 19.0 Å².